The molecule has 1 amide bonds. The van der Waals surface area contributed by atoms with Crippen LogP contribution in [0, 0.1) is 11.3 Å². The van der Waals surface area contributed by atoms with Crippen LogP contribution in [-0.2, 0) is 20.8 Å². The topological polar surface area (TPSA) is 116 Å². The molecule has 2 N–H and O–H groups in total. The first-order valence-corrected chi connectivity index (χ1v) is 11.2. The van der Waals surface area contributed by atoms with Crippen molar-refractivity contribution in [2.24, 2.45) is 0 Å². The molecule has 2 saturated carbocycles. The van der Waals surface area contributed by atoms with Crippen LogP contribution in [0.15, 0.2) is 27.6 Å². The van der Waals surface area contributed by atoms with Crippen LogP contribution in [0.3, 0.4) is 0 Å². The summed E-state index contributed by atoms with van der Waals surface area (Å²) in [7, 11) is -2.56. The standard InChI is InChI=1S/C13H14BrF3O3S.C5H6N2O2/c1-20-9-3-4-10(7-9)21(18,19)12-5-2-8(14)6-11(12)13(15,16)17;6-3-5(1-2-5)7-4(8)9/h2,5-6,9-10H,3-4,7H2,1H3;7H,1-2H2,(H,8,9)/t9-,10-;/m0./s1. The molecule has 2 aliphatic carbocycles. The van der Waals surface area contributed by atoms with Gasteiger partial charge in [0.05, 0.1) is 27.9 Å². The molecule has 0 unspecified atom stereocenters. The third kappa shape index (κ3) is 5.86. The summed E-state index contributed by atoms with van der Waals surface area (Å²) in [5.41, 5.74) is -1.86. The molecule has 12 heteroatoms. The lowest BCUT2D eigenvalue weighted by atomic mass is 10.2. The largest absolute Gasteiger partial charge is 0.465 e. The van der Waals surface area contributed by atoms with E-state index in [9.17, 15) is 26.4 Å². The molecule has 30 heavy (non-hydrogen) atoms. The normalized spacial score (nSPS) is 22.4. The van der Waals surface area contributed by atoms with Crippen molar-refractivity contribution in [3.8, 4) is 6.07 Å². The molecule has 2 fully saturated rings. The highest BCUT2D eigenvalue weighted by molar-refractivity contribution is 9.10. The average Bonchev–Trinajstić information content (AvgIpc) is 3.24. The second kappa shape index (κ2) is 9.11. The van der Waals surface area contributed by atoms with E-state index < -0.39 is 43.4 Å². The first-order chi connectivity index (χ1) is 13.8. The van der Waals surface area contributed by atoms with E-state index >= 15 is 0 Å². The zero-order chi connectivity index (χ0) is 22.7. The van der Waals surface area contributed by atoms with Crippen LogP contribution in [0.4, 0.5) is 18.0 Å². The number of amides is 1. The highest BCUT2D eigenvalue weighted by Crippen LogP contribution is 2.40. The summed E-state index contributed by atoms with van der Waals surface area (Å²) in [5, 5.41) is 17.8. The Kier molecular flexibility index (Phi) is 7.42. The Morgan fingerprint density at radius 1 is 1.37 bits per heavy atom. The van der Waals surface area contributed by atoms with Gasteiger partial charge in [0, 0.05) is 11.6 Å². The van der Waals surface area contributed by atoms with E-state index in [2.05, 4.69) is 21.2 Å². The SMILES string of the molecule is CO[C@H]1CC[C@H](S(=O)(=O)c2ccc(Br)cc2C(F)(F)F)C1.N#CC1(NC(=O)O)CC1. The van der Waals surface area contributed by atoms with E-state index in [1.54, 1.807) is 0 Å². The van der Waals surface area contributed by atoms with Crippen LogP contribution in [0.25, 0.3) is 0 Å². The van der Waals surface area contributed by atoms with Crippen molar-refractivity contribution in [2.75, 3.05) is 7.11 Å². The third-order valence-electron chi connectivity index (χ3n) is 4.97. The minimum atomic E-state index is -4.72. The molecule has 3 rings (SSSR count). The second-order valence-electron chi connectivity index (χ2n) is 7.10. The maximum Gasteiger partial charge on any atom is 0.417 e. The lowest BCUT2D eigenvalue weighted by Gasteiger charge is -2.17. The number of carboxylic acid groups (broad SMARTS) is 1. The number of hydrogen-bond donors (Lipinski definition) is 2. The smallest absolute Gasteiger partial charge is 0.417 e. The van der Waals surface area contributed by atoms with E-state index in [1.807, 2.05) is 6.07 Å². The van der Waals surface area contributed by atoms with Gasteiger partial charge < -0.3 is 15.2 Å². The van der Waals surface area contributed by atoms with E-state index in [4.69, 9.17) is 15.1 Å². The van der Waals surface area contributed by atoms with E-state index in [0.717, 1.165) is 12.1 Å². The van der Waals surface area contributed by atoms with Gasteiger partial charge in [-0.3, -0.25) is 0 Å². The average molecular weight is 513 g/mol. The fourth-order valence-electron chi connectivity index (χ4n) is 3.14. The van der Waals surface area contributed by atoms with Gasteiger partial charge >= 0.3 is 12.3 Å². The van der Waals surface area contributed by atoms with Gasteiger partial charge in [-0.05, 0) is 50.3 Å². The van der Waals surface area contributed by atoms with Gasteiger partial charge in [0.2, 0.25) is 0 Å². The van der Waals surface area contributed by atoms with E-state index in [1.165, 1.54) is 13.2 Å². The van der Waals surface area contributed by atoms with Gasteiger partial charge in [0.15, 0.2) is 9.84 Å². The van der Waals surface area contributed by atoms with E-state index in [-0.39, 0.29) is 17.0 Å². The van der Waals surface area contributed by atoms with Crippen LogP contribution < -0.4 is 5.32 Å². The Morgan fingerprint density at radius 3 is 2.40 bits per heavy atom. The lowest BCUT2D eigenvalue weighted by molar-refractivity contribution is -0.139. The Bertz CT molecular complexity index is 942. The second-order valence-corrected chi connectivity index (χ2v) is 10.2. The maximum absolute atomic E-state index is 13.1. The Hall–Kier alpha value is -1.84. The monoisotopic (exact) mass is 512 g/mol. The van der Waals surface area contributed by atoms with Crippen molar-refractivity contribution in [1.82, 2.24) is 5.32 Å². The molecule has 0 bridgehead atoms. The molecule has 0 aromatic heterocycles. The molecule has 7 nitrogen and oxygen atoms in total. The van der Waals surface area contributed by atoms with Gasteiger partial charge in [-0.1, -0.05) is 15.9 Å². The highest BCUT2D eigenvalue weighted by Gasteiger charge is 2.45. The Labute approximate surface area is 180 Å². The van der Waals surface area contributed by atoms with Gasteiger partial charge in [0.25, 0.3) is 0 Å². The van der Waals surface area contributed by atoms with Gasteiger partial charge in [-0.2, -0.15) is 18.4 Å². The van der Waals surface area contributed by atoms with Crippen LogP contribution >= 0.6 is 15.9 Å². The number of sulfone groups is 1. The van der Waals surface area contributed by atoms with Gasteiger partial charge in [0.1, 0.15) is 5.54 Å². The van der Waals surface area contributed by atoms with Crippen molar-refractivity contribution < 1.29 is 36.2 Å². The van der Waals surface area contributed by atoms with Crippen molar-refractivity contribution in [1.29, 1.82) is 5.26 Å². The number of hydrogen-bond acceptors (Lipinski definition) is 5. The zero-order valence-corrected chi connectivity index (χ0v) is 18.3. The molecular formula is C18H20BrF3N2O5S. The fraction of sp³-hybridized carbons (Fsp3) is 0.556. The third-order valence-corrected chi connectivity index (χ3v) is 7.74. The summed E-state index contributed by atoms with van der Waals surface area (Å²) in [4.78, 5) is 9.30. The first kappa shape index (κ1) is 24.4. The molecule has 1 aromatic carbocycles. The molecule has 0 radical (unpaired) electrons. The summed E-state index contributed by atoms with van der Waals surface area (Å²) in [6.45, 7) is 0. The number of carbonyl (C=O) groups is 1. The molecule has 0 saturated heterocycles. The minimum Gasteiger partial charge on any atom is -0.465 e. The van der Waals surface area contributed by atoms with Crippen molar-refractivity contribution in [3.05, 3.63) is 28.2 Å². The fourth-order valence-corrected chi connectivity index (χ4v) is 5.52. The molecule has 1 aromatic rings. The highest BCUT2D eigenvalue weighted by atomic mass is 79.9. The minimum absolute atomic E-state index is 0.190. The molecular weight excluding hydrogens is 493 g/mol. The number of halogens is 4. The van der Waals surface area contributed by atoms with Crippen molar-refractivity contribution in [3.63, 3.8) is 0 Å². The lowest BCUT2D eigenvalue weighted by Crippen LogP contribution is -2.33. The van der Waals surface area contributed by atoms with Gasteiger partial charge in [-0.25, -0.2) is 13.2 Å². The number of benzene rings is 1. The Balaban J connectivity index is 0.000000297. The predicted molar refractivity (Wildman–Crippen MR) is 104 cm³/mol. The number of ether oxygens (including phenoxy) is 1. The molecule has 2 atom stereocenters. The molecule has 0 aliphatic heterocycles. The summed E-state index contributed by atoms with van der Waals surface area (Å²) in [6, 6.07) is 5.02. The van der Waals surface area contributed by atoms with Crippen molar-refractivity contribution in [2.45, 2.75) is 60.1 Å². The van der Waals surface area contributed by atoms with Crippen LogP contribution in [0.2, 0.25) is 0 Å². The predicted octanol–water partition coefficient (Wildman–Crippen LogP) is 4.12. The number of rotatable bonds is 4. The van der Waals surface area contributed by atoms with Gasteiger partial charge in [-0.15, -0.1) is 0 Å². The summed E-state index contributed by atoms with van der Waals surface area (Å²) in [5.74, 6) is 0. The van der Waals surface area contributed by atoms with Crippen LogP contribution in [-0.4, -0.2) is 43.6 Å². The molecule has 166 valence electrons. The molecule has 2 aliphatic rings. The number of nitrogens with one attached hydrogen (secondary N) is 1. The summed E-state index contributed by atoms with van der Waals surface area (Å²) in [6.07, 6.45) is -3.67. The molecule has 0 spiro atoms. The Morgan fingerprint density at radius 2 is 2.00 bits per heavy atom. The molecule has 0 heterocycles. The summed E-state index contributed by atoms with van der Waals surface area (Å²) >= 11 is 2.94. The number of nitriles is 1. The number of nitrogens with zero attached hydrogens (tertiary/aromatic N) is 1. The summed E-state index contributed by atoms with van der Waals surface area (Å²) < 4.78 is 69.5. The van der Waals surface area contributed by atoms with Crippen LogP contribution in [0.1, 0.15) is 37.7 Å². The first-order valence-electron chi connectivity index (χ1n) is 8.90. The van der Waals surface area contributed by atoms with Crippen LogP contribution in [0.5, 0.6) is 0 Å². The zero-order valence-electron chi connectivity index (χ0n) is 15.9. The number of alkyl halides is 3. The van der Waals surface area contributed by atoms with E-state index in [0.29, 0.717) is 25.7 Å². The number of methoxy groups -OCH3 is 1. The maximum atomic E-state index is 13.1. The quantitative estimate of drug-likeness (QED) is 0.626. The van der Waals surface area contributed by atoms with Crippen molar-refractivity contribution >= 4 is 31.9 Å².